The number of carbonyl (C=O) groups excluding carboxylic acids is 1. The van der Waals surface area contributed by atoms with Crippen LogP contribution in [-0.2, 0) is 4.79 Å². The molecule has 0 unspecified atom stereocenters. The SMILES string of the molecule is O=C(COc1ccc(F)cc1F)N1CC[C@H](Oc2ccccc2F)[C@@H](O)CC1. The molecule has 0 radical (unpaired) electrons. The zero-order valence-corrected chi connectivity index (χ0v) is 15.0. The number of aliphatic hydroxyl groups excluding tert-OH is 1. The van der Waals surface area contributed by atoms with Crippen molar-refractivity contribution in [3.8, 4) is 11.5 Å². The van der Waals surface area contributed by atoms with Crippen LogP contribution in [0.25, 0.3) is 0 Å². The Hall–Kier alpha value is -2.74. The highest BCUT2D eigenvalue weighted by molar-refractivity contribution is 5.77. The number of halogens is 3. The number of para-hydroxylation sites is 1. The largest absolute Gasteiger partial charge is 0.485 e. The molecule has 0 aliphatic carbocycles. The van der Waals surface area contributed by atoms with Gasteiger partial charge >= 0.3 is 0 Å². The Labute approximate surface area is 160 Å². The van der Waals surface area contributed by atoms with Crippen LogP contribution in [0.15, 0.2) is 42.5 Å². The maximum atomic E-state index is 13.8. The Balaban J connectivity index is 1.56. The summed E-state index contributed by atoms with van der Waals surface area (Å²) in [5.41, 5.74) is 0. The number of amides is 1. The fourth-order valence-corrected chi connectivity index (χ4v) is 2.97. The number of hydrogen-bond acceptors (Lipinski definition) is 4. The molecule has 0 spiro atoms. The lowest BCUT2D eigenvalue weighted by molar-refractivity contribution is -0.133. The van der Waals surface area contributed by atoms with Gasteiger partial charge in [0, 0.05) is 25.6 Å². The number of rotatable bonds is 5. The van der Waals surface area contributed by atoms with E-state index in [0.717, 1.165) is 12.1 Å². The van der Waals surface area contributed by atoms with Crippen molar-refractivity contribution in [3.05, 3.63) is 59.9 Å². The molecule has 150 valence electrons. The fraction of sp³-hybridized carbons (Fsp3) is 0.350. The van der Waals surface area contributed by atoms with Gasteiger partial charge in [0.05, 0.1) is 6.10 Å². The van der Waals surface area contributed by atoms with Gasteiger partial charge in [-0.15, -0.1) is 0 Å². The lowest BCUT2D eigenvalue weighted by Crippen LogP contribution is -2.36. The van der Waals surface area contributed by atoms with Gasteiger partial charge in [0.1, 0.15) is 11.9 Å². The molecule has 3 rings (SSSR count). The van der Waals surface area contributed by atoms with Crippen LogP contribution in [0.4, 0.5) is 13.2 Å². The van der Waals surface area contributed by atoms with Gasteiger partial charge < -0.3 is 19.5 Å². The predicted octanol–water partition coefficient (Wildman–Crippen LogP) is 2.91. The Kier molecular flexibility index (Phi) is 6.41. The van der Waals surface area contributed by atoms with Crippen molar-refractivity contribution in [2.75, 3.05) is 19.7 Å². The van der Waals surface area contributed by atoms with Crippen LogP contribution in [0, 0.1) is 17.5 Å². The van der Waals surface area contributed by atoms with Crippen LogP contribution in [0.1, 0.15) is 12.8 Å². The van der Waals surface area contributed by atoms with Gasteiger partial charge in [-0.3, -0.25) is 4.79 Å². The molecular formula is C20H20F3NO4. The van der Waals surface area contributed by atoms with Crippen molar-refractivity contribution in [2.24, 2.45) is 0 Å². The second kappa shape index (κ2) is 8.97. The summed E-state index contributed by atoms with van der Waals surface area (Å²) in [5, 5.41) is 10.3. The quantitative estimate of drug-likeness (QED) is 0.846. The van der Waals surface area contributed by atoms with E-state index in [9.17, 15) is 23.1 Å². The molecule has 1 saturated heterocycles. The third kappa shape index (κ3) is 4.95. The van der Waals surface area contributed by atoms with Gasteiger partial charge in [0.25, 0.3) is 5.91 Å². The van der Waals surface area contributed by atoms with Gasteiger partial charge in [-0.2, -0.15) is 0 Å². The van der Waals surface area contributed by atoms with Gasteiger partial charge in [-0.1, -0.05) is 12.1 Å². The number of ether oxygens (including phenoxy) is 2. The van der Waals surface area contributed by atoms with Crippen molar-refractivity contribution in [2.45, 2.75) is 25.0 Å². The monoisotopic (exact) mass is 395 g/mol. The molecule has 1 fully saturated rings. The van der Waals surface area contributed by atoms with E-state index in [-0.39, 0.29) is 31.0 Å². The van der Waals surface area contributed by atoms with E-state index in [2.05, 4.69) is 0 Å². The van der Waals surface area contributed by atoms with E-state index in [0.29, 0.717) is 12.5 Å². The third-order valence-corrected chi connectivity index (χ3v) is 4.52. The minimum absolute atomic E-state index is 0.0430. The number of nitrogens with zero attached hydrogens (tertiary/aromatic N) is 1. The van der Waals surface area contributed by atoms with Crippen molar-refractivity contribution >= 4 is 5.91 Å². The number of carbonyl (C=O) groups is 1. The minimum Gasteiger partial charge on any atom is -0.485 e. The van der Waals surface area contributed by atoms with Crippen LogP contribution in [0.5, 0.6) is 11.5 Å². The van der Waals surface area contributed by atoms with Gasteiger partial charge in [-0.25, -0.2) is 13.2 Å². The van der Waals surface area contributed by atoms with Crippen LogP contribution in [0.3, 0.4) is 0 Å². The van der Waals surface area contributed by atoms with Gasteiger partial charge in [0.15, 0.2) is 29.7 Å². The Morgan fingerprint density at radius 2 is 1.79 bits per heavy atom. The molecule has 0 bridgehead atoms. The molecule has 2 atom stereocenters. The zero-order valence-electron chi connectivity index (χ0n) is 15.0. The molecular weight excluding hydrogens is 375 g/mol. The summed E-state index contributed by atoms with van der Waals surface area (Å²) >= 11 is 0. The first kappa shape index (κ1) is 20.0. The summed E-state index contributed by atoms with van der Waals surface area (Å²) in [6, 6.07) is 8.73. The molecule has 0 aromatic heterocycles. The molecule has 5 nitrogen and oxygen atoms in total. The minimum atomic E-state index is -0.891. The average Bonchev–Trinajstić information content (AvgIpc) is 2.85. The van der Waals surface area contributed by atoms with E-state index in [1.165, 1.54) is 23.1 Å². The maximum Gasteiger partial charge on any atom is 0.260 e. The van der Waals surface area contributed by atoms with Crippen LogP contribution < -0.4 is 9.47 Å². The molecule has 1 aliphatic heterocycles. The Morgan fingerprint density at radius 1 is 1.04 bits per heavy atom. The number of aliphatic hydroxyl groups is 1. The molecule has 0 saturated carbocycles. The fourth-order valence-electron chi connectivity index (χ4n) is 2.97. The second-order valence-corrected chi connectivity index (χ2v) is 6.48. The summed E-state index contributed by atoms with van der Waals surface area (Å²) in [6.07, 6.45) is -0.986. The number of benzene rings is 2. The first-order chi connectivity index (χ1) is 13.4. The normalized spacial score (nSPS) is 19.8. The summed E-state index contributed by atoms with van der Waals surface area (Å²) in [7, 11) is 0. The third-order valence-electron chi connectivity index (χ3n) is 4.52. The molecule has 2 aromatic rings. The summed E-state index contributed by atoms with van der Waals surface area (Å²) in [6.45, 7) is 0.105. The lowest BCUT2D eigenvalue weighted by Gasteiger charge is -2.22. The lowest BCUT2D eigenvalue weighted by atomic mass is 10.1. The van der Waals surface area contributed by atoms with Gasteiger partial charge in [-0.05, 0) is 30.7 Å². The van der Waals surface area contributed by atoms with Crippen LogP contribution in [-0.4, -0.2) is 47.8 Å². The first-order valence-corrected chi connectivity index (χ1v) is 8.89. The topological polar surface area (TPSA) is 59.0 Å². The highest BCUT2D eigenvalue weighted by Gasteiger charge is 2.29. The standard InChI is InChI=1S/C20H20F3NO4/c21-13-5-6-17(15(23)11-13)27-12-20(26)24-9-7-16(25)19(8-10-24)28-18-4-2-1-3-14(18)22/h1-6,11,16,19,25H,7-10,12H2/t16-,19-/m0/s1. The van der Waals surface area contributed by atoms with Gasteiger partial charge in [0.2, 0.25) is 0 Å². The van der Waals surface area contributed by atoms with Crippen molar-refractivity contribution in [1.82, 2.24) is 4.90 Å². The van der Waals surface area contributed by atoms with Crippen molar-refractivity contribution in [1.29, 1.82) is 0 Å². The Morgan fingerprint density at radius 3 is 2.54 bits per heavy atom. The molecule has 1 N–H and O–H groups in total. The number of hydrogen-bond donors (Lipinski definition) is 1. The highest BCUT2D eigenvalue weighted by atomic mass is 19.1. The van der Waals surface area contributed by atoms with Crippen LogP contribution >= 0.6 is 0 Å². The first-order valence-electron chi connectivity index (χ1n) is 8.89. The smallest absolute Gasteiger partial charge is 0.260 e. The van der Waals surface area contributed by atoms with Crippen molar-refractivity contribution < 1.29 is 32.5 Å². The Bertz CT molecular complexity index is 833. The molecule has 1 amide bonds. The van der Waals surface area contributed by atoms with E-state index in [4.69, 9.17) is 9.47 Å². The van der Waals surface area contributed by atoms with Crippen molar-refractivity contribution in [3.63, 3.8) is 0 Å². The van der Waals surface area contributed by atoms with E-state index in [1.807, 2.05) is 0 Å². The average molecular weight is 395 g/mol. The molecule has 2 aromatic carbocycles. The summed E-state index contributed by atoms with van der Waals surface area (Å²) < 4.78 is 51.0. The summed E-state index contributed by atoms with van der Waals surface area (Å²) in [4.78, 5) is 13.8. The summed E-state index contributed by atoms with van der Waals surface area (Å²) in [5.74, 6) is -2.73. The van der Waals surface area contributed by atoms with E-state index in [1.54, 1.807) is 6.07 Å². The van der Waals surface area contributed by atoms with E-state index < -0.39 is 42.2 Å². The number of likely N-dealkylation sites (tertiary alicyclic amines) is 1. The van der Waals surface area contributed by atoms with Crippen LogP contribution in [0.2, 0.25) is 0 Å². The highest BCUT2D eigenvalue weighted by Crippen LogP contribution is 2.23. The molecule has 1 heterocycles. The van der Waals surface area contributed by atoms with E-state index >= 15 is 0 Å². The molecule has 8 heteroatoms. The molecule has 1 aliphatic rings. The zero-order chi connectivity index (χ0) is 20.1. The maximum absolute atomic E-state index is 13.8. The predicted molar refractivity (Wildman–Crippen MR) is 94.5 cm³/mol. The second-order valence-electron chi connectivity index (χ2n) is 6.48. The molecule has 28 heavy (non-hydrogen) atoms.